The number of alkyl halides is 5. The summed E-state index contributed by atoms with van der Waals surface area (Å²) in [6, 6.07) is 1.34. The minimum absolute atomic E-state index is 0.0395. The maximum absolute atomic E-state index is 13.0. The van der Waals surface area contributed by atoms with Crippen LogP contribution in [0.4, 0.5) is 57.6 Å². The van der Waals surface area contributed by atoms with Gasteiger partial charge in [-0.2, -0.15) is 22.0 Å². The van der Waals surface area contributed by atoms with Crippen LogP contribution in [0.2, 0.25) is 10.0 Å². The van der Waals surface area contributed by atoms with Crippen molar-refractivity contribution in [1.82, 2.24) is 0 Å². The first-order valence-corrected chi connectivity index (χ1v) is 10.3. The van der Waals surface area contributed by atoms with Gasteiger partial charge < -0.3 is 15.4 Å². The summed E-state index contributed by atoms with van der Waals surface area (Å²) in [5.41, 5.74) is -0.695. The van der Waals surface area contributed by atoms with E-state index in [4.69, 9.17) is 23.2 Å². The van der Waals surface area contributed by atoms with Crippen LogP contribution in [-0.2, 0) is 0 Å². The number of amides is 2. The third-order valence-corrected chi connectivity index (χ3v) is 5.10. The minimum Gasteiger partial charge on any atom is -0.423 e. The highest BCUT2D eigenvalue weighted by Gasteiger charge is 2.65. The molecule has 2 N–H and O–H groups in total. The first-order chi connectivity index (χ1) is 14.1. The number of benzene rings is 2. The number of ether oxygens (including phenoxy) is 1. The number of carbonyl (C=O) groups excluding carboxylic acids is 1. The predicted octanol–water partition coefficient (Wildman–Crippen LogP) is 8.83. The molecule has 0 saturated carbocycles. The Balaban J connectivity index is 2.15. The number of halogens is 12. The maximum atomic E-state index is 13.0. The van der Waals surface area contributed by atoms with Gasteiger partial charge in [-0.1, -0.05) is 42.6 Å². The molecule has 180 valence electrons. The van der Waals surface area contributed by atoms with Gasteiger partial charge in [0, 0.05) is 11.4 Å². The van der Waals surface area contributed by atoms with Gasteiger partial charge in [0.25, 0.3) is 0 Å². The van der Waals surface area contributed by atoms with E-state index in [9.17, 15) is 46.2 Å². The van der Waals surface area contributed by atoms with Gasteiger partial charge in [0.2, 0.25) is 0 Å². The summed E-state index contributed by atoms with van der Waals surface area (Å²) in [6.07, 6.45) is -11.7. The van der Waals surface area contributed by atoms with Crippen molar-refractivity contribution >= 4 is 50.8 Å². The van der Waals surface area contributed by atoms with E-state index in [-0.39, 0.29) is 23.5 Å². The van der Waals surface area contributed by atoms with E-state index in [1.54, 1.807) is 0 Å². The van der Waals surface area contributed by atoms with Crippen LogP contribution in [-0.4, -0.2) is 18.3 Å². The van der Waals surface area contributed by atoms with E-state index in [0.717, 1.165) is 0 Å². The monoisotopic (exact) mass is 540 g/mol. The first kappa shape index (κ1) is 26.0. The molecule has 0 fully saturated rings. The van der Waals surface area contributed by atoms with Crippen LogP contribution in [0.3, 0.4) is 0 Å². The molecule has 0 atom stereocenters. The van der Waals surface area contributed by atoms with Crippen molar-refractivity contribution in [2.75, 3.05) is 10.6 Å². The lowest BCUT2D eigenvalue weighted by molar-refractivity contribution is -0.360. The number of anilines is 2. The standard InChI is InChI=1S/C15H8Cl2F10N2O2S/c16-10-5-8(6-11(17)12(10)31-15(21,22)14(18,19)20)29-13(30)28-7-1-3-9(4-2-7)32(23,24,25,26)27/h1-6H,(H2,28,29,30). The summed E-state index contributed by atoms with van der Waals surface area (Å²) in [4.78, 5) is 9.69. The number of rotatable bonds is 5. The van der Waals surface area contributed by atoms with Gasteiger partial charge in [-0.3, -0.25) is 0 Å². The molecular weight excluding hydrogens is 533 g/mol. The quantitative estimate of drug-likeness (QED) is 0.372. The molecule has 32 heavy (non-hydrogen) atoms. The smallest absolute Gasteiger partial charge is 0.423 e. The zero-order chi connectivity index (χ0) is 24.8. The normalized spacial score (nSPS) is 14.9. The van der Waals surface area contributed by atoms with Gasteiger partial charge in [0.05, 0.1) is 10.0 Å². The number of hydrogen-bond donors (Lipinski definition) is 2. The van der Waals surface area contributed by atoms with Crippen LogP contribution in [0.5, 0.6) is 5.75 Å². The molecule has 0 bridgehead atoms. The summed E-state index contributed by atoms with van der Waals surface area (Å²) in [5, 5.41) is 2.28. The Morgan fingerprint density at radius 1 is 0.812 bits per heavy atom. The molecule has 0 aliphatic heterocycles. The second-order valence-electron chi connectivity index (χ2n) is 5.96. The predicted molar refractivity (Wildman–Crippen MR) is 98.6 cm³/mol. The van der Waals surface area contributed by atoms with E-state index in [1.165, 1.54) is 0 Å². The molecular formula is C15H8Cl2F10N2O2S. The van der Waals surface area contributed by atoms with Crippen molar-refractivity contribution in [3.8, 4) is 5.75 Å². The van der Waals surface area contributed by atoms with Gasteiger partial charge in [-0.15, -0.1) is 0 Å². The highest BCUT2D eigenvalue weighted by atomic mass is 35.5. The molecule has 17 heteroatoms. The average molecular weight is 541 g/mol. The van der Waals surface area contributed by atoms with E-state index in [1.807, 2.05) is 10.6 Å². The average Bonchev–Trinajstić information content (AvgIpc) is 2.55. The zero-order valence-corrected chi connectivity index (χ0v) is 17.1. The minimum atomic E-state index is -9.91. The SMILES string of the molecule is O=C(Nc1ccc(S(F)(F)(F)(F)F)cc1)Nc1cc(Cl)c(OC(F)(F)C(F)(F)F)c(Cl)c1. The van der Waals surface area contributed by atoms with Gasteiger partial charge in [0.15, 0.2) is 5.75 Å². The lowest BCUT2D eigenvalue weighted by Gasteiger charge is -2.40. The van der Waals surface area contributed by atoms with Gasteiger partial charge in [-0.25, -0.2) is 4.79 Å². The highest BCUT2D eigenvalue weighted by Crippen LogP contribution is 3.02. The Labute approximate surface area is 182 Å². The van der Waals surface area contributed by atoms with Crippen molar-refractivity contribution < 1.29 is 50.9 Å². The van der Waals surface area contributed by atoms with E-state index in [0.29, 0.717) is 24.3 Å². The lowest BCUT2D eigenvalue weighted by atomic mass is 10.3. The molecule has 0 spiro atoms. The van der Waals surface area contributed by atoms with Crippen molar-refractivity contribution in [2.45, 2.75) is 17.2 Å². The van der Waals surface area contributed by atoms with Gasteiger partial charge >= 0.3 is 28.5 Å². The molecule has 0 unspecified atom stereocenters. The molecule has 2 amide bonds. The molecule has 2 rings (SSSR count). The van der Waals surface area contributed by atoms with E-state index >= 15 is 0 Å². The lowest BCUT2D eigenvalue weighted by Crippen LogP contribution is -2.42. The van der Waals surface area contributed by atoms with Gasteiger partial charge in [-0.05, 0) is 36.4 Å². The second-order valence-corrected chi connectivity index (χ2v) is 9.18. The Morgan fingerprint density at radius 3 is 1.66 bits per heavy atom. The molecule has 0 aliphatic carbocycles. The second kappa shape index (κ2) is 7.38. The molecule has 2 aromatic rings. The zero-order valence-electron chi connectivity index (χ0n) is 14.7. The van der Waals surface area contributed by atoms with Crippen LogP contribution < -0.4 is 15.4 Å². The fraction of sp³-hybridized carbons (Fsp3) is 0.133. The van der Waals surface area contributed by atoms with Crippen LogP contribution in [0, 0.1) is 0 Å². The number of urea groups is 1. The molecule has 0 radical (unpaired) electrons. The summed E-state index contributed by atoms with van der Waals surface area (Å²) in [6.45, 7) is 0. The highest BCUT2D eigenvalue weighted by molar-refractivity contribution is 8.45. The van der Waals surface area contributed by atoms with E-state index < -0.39 is 49.2 Å². The summed E-state index contributed by atoms with van der Waals surface area (Å²) >= 11 is 11.1. The van der Waals surface area contributed by atoms with Crippen LogP contribution in [0.1, 0.15) is 0 Å². The molecule has 0 aromatic heterocycles. The molecule has 2 aromatic carbocycles. The maximum Gasteiger partial charge on any atom is 0.499 e. The number of hydrogen-bond acceptors (Lipinski definition) is 2. The molecule has 4 nitrogen and oxygen atoms in total. The van der Waals surface area contributed by atoms with Gasteiger partial charge in [0.1, 0.15) is 4.90 Å². The fourth-order valence-electron chi connectivity index (χ4n) is 2.00. The molecule has 0 heterocycles. The van der Waals surface area contributed by atoms with Crippen LogP contribution >= 0.6 is 33.4 Å². The Bertz CT molecular complexity index is 1020. The van der Waals surface area contributed by atoms with Crippen LogP contribution in [0.15, 0.2) is 41.3 Å². The Hall–Kier alpha value is -2.26. The summed E-state index contributed by atoms with van der Waals surface area (Å²) < 4.78 is 130. The van der Waals surface area contributed by atoms with Crippen molar-refractivity contribution in [3.05, 3.63) is 46.4 Å². The van der Waals surface area contributed by atoms with Crippen molar-refractivity contribution in [3.63, 3.8) is 0 Å². The third-order valence-electron chi connectivity index (χ3n) is 3.37. The number of nitrogens with one attached hydrogen (secondary N) is 2. The first-order valence-electron chi connectivity index (χ1n) is 7.64. The number of carbonyl (C=O) groups is 1. The topological polar surface area (TPSA) is 50.4 Å². The summed E-state index contributed by atoms with van der Waals surface area (Å²) in [7, 11) is -9.91. The Kier molecular flexibility index (Phi) is 6.00. The Morgan fingerprint density at radius 2 is 1.25 bits per heavy atom. The van der Waals surface area contributed by atoms with Crippen LogP contribution in [0.25, 0.3) is 0 Å². The third kappa shape index (κ3) is 6.38. The molecule has 0 saturated heterocycles. The largest absolute Gasteiger partial charge is 0.499 e. The van der Waals surface area contributed by atoms with E-state index in [2.05, 4.69) is 4.74 Å². The molecule has 0 aliphatic rings. The van der Waals surface area contributed by atoms with Crippen molar-refractivity contribution in [2.24, 2.45) is 0 Å². The van der Waals surface area contributed by atoms with Crippen molar-refractivity contribution in [1.29, 1.82) is 0 Å². The fourth-order valence-corrected chi connectivity index (χ4v) is 3.22. The summed E-state index contributed by atoms with van der Waals surface area (Å²) in [5.74, 6) is -1.24.